The van der Waals surface area contributed by atoms with Gasteiger partial charge in [0.15, 0.2) is 0 Å². The molecule has 0 aromatic heterocycles. The average Bonchev–Trinajstić information content (AvgIpc) is 1.72. The smallest absolute Gasteiger partial charge is 0.0319 e. The lowest BCUT2D eigenvalue weighted by Crippen LogP contribution is -2.21. The zero-order valence-corrected chi connectivity index (χ0v) is 4.45. The zero-order valence-electron chi connectivity index (χ0n) is 4.45. The van der Waals surface area contributed by atoms with Crippen LogP contribution in [0.15, 0.2) is 0 Å². The molecule has 0 aliphatic carbocycles. The summed E-state index contributed by atoms with van der Waals surface area (Å²) in [5.74, 6) is 0. The van der Waals surface area contributed by atoms with Crippen LogP contribution in [-0.4, -0.2) is 26.3 Å². The second kappa shape index (κ2) is 20.8. The molecule has 0 fully saturated rings. The van der Waals surface area contributed by atoms with Gasteiger partial charge in [0.25, 0.3) is 0 Å². The fourth-order valence-electron chi connectivity index (χ4n) is 0. The minimum Gasteiger partial charge on any atom is -0.400 e. The quantitative estimate of drug-likeness (QED) is 0.362. The molecule has 6 heavy (non-hydrogen) atoms. The summed E-state index contributed by atoms with van der Waals surface area (Å²) in [6.07, 6.45) is 0. The second-order valence-corrected chi connectivity index (χ2v) is 0.500. The molecule has 0 heterocycles. The first kappa shape index (κ1) is 9.30. The first-order valence-electron chi connectivity index (χ1n) is 1.70. The highest BCUT2D eigenvalue weighted by atomic mass is 16.2. The molecule has 0 atom stereocenters. The van der Waals surface area contributed by atoms with Gasteiger partial charge in [0.05, 0.1) is 0 Å². The normalized spacial score (nSPS) is 6.00. The van der Waals surface area contributed by atoms with Gasteiger partial charge in [-0.25, -0.2) is 0 Å². The predicted octanol–water partition coefficient (Wildman–Crippen LogP) is -1.05. The van der Waals surface area contributed by atoms with Crippen LogP contribution in [-0.2, 0) is 0 Å². The number of aliphatic hydroxyl groups excluding tert-OH is 1. The van der Waals surface area contributed by atoms with Gasteiger partial charge in [-0.15, -0.1) is 0 Å². The lowest BCUT2D eigenvalue weighted by molar-refractivity contribution is 0.399. The lowest BCUT2D eigenvalue weighted by atomic mass is 11.4. The number of aliphatic hydroxyl groups is 1. The predicted molar refractivity (Wildman–Crippen MR) is 26.3 cm³/mol. The summed E-state index contributed by atoms with van der Waals surface area (Å²) < 4.78 is 0. The molecule has 40 valence electrons. The standard InChI is InChI=1S/C2H8N2.CH4O/c1-3-4-2;1-2/h3-4H,1-2H3;2H,1H3. The molecule has 0 spiro atoms. The van der Waals surface area contributed by atoms with E-state index in [0.29, 0.717) is 0 Å². The Morgan fingerprint density at radius 1 is 1.00 bits per heavy atom. The van der Waals surface area contributed by atoms with Gasteiger partial charge in [-0.1, -0.05) is 0 Å². The minimum atomic E-state index is 1.00. The maximum absolute atomic E-state index is 7.00. The number of rotatable bonds is 1. The van der Waals surface area contributed by atoms with Gasteiger partial charge in [-0.2, -0.15) is 0 Å². The van der Waals surface area contributed by atoms with Crippen LogP contribution in [0, 0.1) is 0 Å². The average molecular weight is 92.1 g/mol. The van der Waals surface area contributed by atoms with Gasteiger partial charge in [0.2, 0.25) is 0 Å². The fraction of sp³-hybridized carbons (Fsp3) is 1.00. The summed E-state index contributed by atoms with van der Waals surface area (Å²) in [7, 11) is 4.64. The van der Waals surface area contributed by atoms with Crippen molar-refractivity contribution >= 4 is 0 Å². The van der Waals surface area contributed by atoms with Crippen molar-refractivity contribution in [3.8, 4) is 0 Å². The molecule has 0 amide bonds. The van der Waals surface area contributed by atoms with E-state index >= 15 is 0 Å². The molecule has 0 bridgehead atoms. The minimum absolute atomic E-state index is 1.00. The fourth-order valence-corrected chi connectivity index (χ4v) is 0. The molecule has 0 unspecified atom stereocenters. The van der Waals surface area contributed by atoms with Crippen molar-refractivity contribution in [3.63, 3.8) is 0 Å². The van der Waals surface area contributed by atoms with E-state index in [2.05, 4.69) is 10.9 Å². The van der Waals surface area contributed by atoms with Crippen LogP contribution in [0.5, 0.6) is 0 Å². The van der Waals surface area contributed by atoms with E-state index < -0.39 is 0 Å². The largest absolute Gasteiger partial charge is 0.400 e. The number of hydrazine groups is 1. The third kappa shape index (κ3) is 41.6. The van der Waals surface area contributed by atoms with Gasteiger partial charge in [-0.05, 0) is 14.1 Å². The Morgan fingerprint density at radius 2 is 1.17 bits per heavy atom. The van der Waals surface area contributed by atoms with Crippen LogP contribution in [0.2, 0.25) is 0 Å². The van der Waals surface area contributed by atoms with Crippen LogP contribution in [0.4, 0.5) is 0 Å². The maximum atomic E-state index is 7.00. The second-order valence-electron chi connectivity index (χ2n) is 0.500. The Hall–Kier alpha value is -0.120. The van der Waals surface area contributed by atoms with E-state index in [1.165, 1.54) is 0 Å². The van der Waals surface area contributed by atoms with Crippen molar-refractivity contribution in [2.24, 2.45) is 0 Å². The third-order valence-electron chi connectivity index (χ3n) is 0.250. The van der Waals surface area contributed by atoms with Crippen LogP contribution < -0.4 is 10.9 Å². The molecule has 0 aromatic carbocycles. The SMILES string of the molecule is CNNC.CO. The first-order valence-corrected chi connectivity index (χ1v) is 1.70. The number of hydrogen-bond donors (Lipinski definition) is 3. The molecule has 0 aromatic rings. The van der Waals surface area contributed by atoms with E-state index in [-0.39, 0.29) is 0 Å². The van der Waals surface area contributed by atoms with Gasteiger partial charge in [-0.3, -0.25) is 10.9 Å². The first-order chi connectivity index (χ1) is 2.91. The highest BCUT2D eigenvalue weighted by Gasteiger charge is 1.44. The van der Waals surface area contributed by atoms with Crippen molar-refractivity contribution in [2.75, 3.05) is 21.2 Å². The Kier molecular flexibility index (Phi) is 32.2. The van der Waals surface area contributed by atoms with Crippen LogP contribution in [0.1, 0.15) is 0 Å². The van der Waals surface area contributed by atoms with Crippen LogP contribution in [0.25, 0.3) is 0 Å². The van der Waals surface area contributed by atoms with Crippen molar-refractivity contribution in [3.05, 3.63) is 0 Å². The van der Waals surface area contributed by atoms with Gasteiger partial charge in [0.1, 0.15) is 0 Å². The molecule has 3 nitrogen and oxygen atoms in total. The Labute approximate surface area is 38.3 Å². The molecule has 0 aliphatic rings. The molecule has 0 rings (SSSR count). The number of nitrogens with one attached hydrogen (secondary N) is 2. The van der Waals surface area contributed by atoms with Gasteiger partial charge < -0.3 is 5.11 Å². The molecular weight excluding hydrogens is 80.0 g/mol. The topological polar surface area (TPSA) is 44.3 Å². The number of hydrogen-bond acceptors (Lipinski definition) is 3. The molecule has 0 radical (unpaired) electrons. The molecule has 0 saturated carbocycles. The third-order valence-corrected chi connectivity index (χ3v) is 0.250. The van der Waals surface area contributed by atoms with Crippen molar-refractivity contribution in [2.45, 2.75) is 0 Å². The summed E-state index contributed by atoms with van der Waals surface area (Å²) in [4.78, 5) is 0. The van der Waals surface area contributed by atoms with E-state index in [9.17, 15) is 0 Å². The van der Waals surface area contributed by atoms with Crippen LogP contribution in [0.3, 0.4) is 0 Å². The van der Waals surface area contributed by atoms with Crippen molar-refractivity contribution in [1.29, 1.82) is 0 Å². The Morgan fingerprint density at radius 3 is 1.17 bits per heavy atom. The highest BCUT2D eigenvalue weighted by molar-refractivity contribution is 3.99. The maximum Gasteiger partial charge on any atom is 0.0319 e. The van der Waals surface area contributed by atoms with E-state index in [1.807, 2.05) is 14.1 Å². The summed E-state index contributed by atoms with van der Waals surface area (Å²) in [5.41, 5.74) is 5.36. The molecule has 0 saturated heterocycles. The summed E-state index contributed by atoms with van der Waals surface area (Å²) >= 11 is 0. The summed E-state index contributed by atoms with van der Waals surface area (Å²) in [6.45, 7) is 0. The van der Waals surface area contributed by atoms with Crippen molar-refractivity contribution in [1.82, 2.24) is 10.9 Å². The van der Waals surface area contributed by atoms with E-state index in [1.54, 1.807) is 0 Å². The van der Waals surface area contributed by atoms with E-state index in [4.69, 9.17) is 5.11 Å². The lowest BCUT2D eigenvalue weighted by Gasteiger charge is -1.81. The summed E-state index contributed by atoms with van der Waals surface area (Å²) in [5, 5.41) is 7.00. The molecule has 3 heteroatoms. The van der Waals surface area contributed by atoms with Gasteiger partial charge >= 0.3 is 0 Å². The monoisotopic (exact) mass is 92.1 g/mol. The zero-order chi connectivity index (χ0) is 5.41. The molecule has 3 N–H and O–H groups in total. The van der Waals surface area contributed by atoms with Crippen molar-refractivity contribution < 1.29 is 5.11 Å². The molecular formula is C3H12N2O. The molecule has 0 aliphatic heterocycles. The highest BCUT2D eigenvalue weighted by Crippen LogP contribution is 1.07. The van der Waals surface area contributed by atoms with Crippen LogP contribution >= 0.6 is 0 Å². The Balaban J connectivity index is 0. The van der Waals surface area contributed by atoms with E-state index in [0.717, 1.165) is 7.11 Å². The Bertz CT molecular complexity index is 10.8. The summed E-state index contributed by atoms with van der Waals surface area (Å²) in [6, 6.07) is 0. The van der Waals surface area contributed by atoms with Gasteiger partial charge in [0, 0.05) is 7.11 Å².